The van der Waals surface area contributed by atoms with E-state index in [0.717, 1.165) is 5.69 Å². The van der Waals surface area contributed by atoms with E-state index in [-0.39, 0.29) is 4.90 Å². The molecule has 0 aliphatic rings. The first-order valence-electron chi connectivity index (χ1n) is 6.74. The quantitative estimate of drug-likeness (QED) is 0.651. The molecule has 2 rings (SSSR count). The van der Waals surface area contributed by atoms with Gasteiger partial charge in [0.25, 0.3) is 10.0 Å². The normalized spacial score (nSPS) is 12.0. The monoisotopic (exact) mass is 311 g/mol. The number of rotatable bonds is 6. The van der Waals surface area contributed by atoms with E-state index in [4.69, 9.17) is 0 Å². The molecule has 7 nitrogen and oxygen atoms in total. The number of hydrogen-bond donors (Lipinski definition) is 4. The van der Waals surface area contributed by atoms with Gasteiger partial charge in [0, 0.05) is 24.5 Å². The van der Waals surface area contributed by atoms with Gasteiger partial charge in [-0.25, -0.2) is 8.42 Å². The van der Waals surface area contributed by atoms with E-state index in [9.17, 15) is 8.42 Å². The van der Waals surface area contributed by atoms with Gasteiger partial charge in [-0.2, -0.15) is 5.10 Å². The lowest BCUT2D eigenvalue weighted by molar-refractivity contribution is 0.582. The summed E-state index contributed by atoms with van der Waals surface area (Å²) in [6.45, 7) is 8.18. The number of aromatic nitrogens is 3. The highest BCUT2D eigenvalue weighted by atomic mass is 32.2. The van der Waals surface area contributed by atoms with Gasteiger partial charge in [0.1, 0.15) is 4.90 Å². The van der Waals surface area contributed by atoms with E-state index < -0.39 is 10.0 Å². The average molecular weight is 311 g/mol. The number of nitrogens with zero attached hydrogens (tertiary/aromatic N) is 1. The van der Waals surface area contributed by atoms with Crippen molar-refractivity contribution in [1.82, 2.24) is 20.5 Å². The first kappa shape index (κ1) is 15.6. The number of sulfonamides is 1. The summed E-state index contributed by atoms with van der Waals surface area (Å²) in [5.41, 5.74) is 2.63. The highest BCUT2D eigenvalue weighted by Gasteiger charge is 2.19. The number of hydrogen-bond acceptors (Lipinski definition) is 4. The van der Waals surface area contributed by atoms with E-state index in [0.29, 0.717) is 29.7 Å². The maximum absolute atomic E-state index is 12.4. The molecule has 116 valence electrons. The fourth-order valence-corrected chi connectivity index (χ4v) is 3.08. The Balaban J connectivity index is 2.17. The second-order valence-corrected chi connectivity index (χ2v) is 6.99. The highest BCUT2D eigenvalue weighted by Crippen LogP contribution is 2.21. The Hall–Kier alpha value is -1.80. The van der Waals surface area contributed by atoms with Gasteiger partial charge in [-0.05, 0) is 19.9 Å². The van der Waals surface area contributed by atoms with E-state index in [2.05, 4.69) is 25.2 Å². The topological polar surface area (TPSA) is 103 Å². The Morgan fingerprint density at radius 1 is 1.33 bits per heavy atom. The van der Waals surface area contributed by atoms with Gasteiger partial charge in [-0.3, -0.25) is 9.82 Å². The van der Waals surface area contributed by atoms with Gasteiger partial charge < -0.3 is 10.3 Å². The molecule has 0 aromatic carbocycles. The lowest BCUT2D eigenvalue weighted by atomic mass is 10.3. The first-order chi connectivity index (χ1) is 9.79. The van der Waals surface area contributed by atoms with Gasteiger partial charge in [-0.1, -0.05) is 13.8 Å². The van der Waals surface area contributed by atoms with Gasteiger partial charge in [0.2, 0.25) is 0 Å². The molecule has 0 saturated heterocycles. The zero-order chi connectivity index (χ0) is 15.6. The summed E-state index contributed by atoms with van der Waals surface area (Å²) in [6, 6.07) is 1.96. The first-order valence-corrected chi connectivity index (χ1v) is 8.23. The van der Waals surface area contributed by atoms with Crippen molar-refractivity contribution in [3.63, 3.8) is 0 Å². The molecule has 0 radical (unpaired) electrons. The molecule has 2 heterocycles. The standard InChI is InChI=1S/C13H21N5O2S/c1-8(2)14-6-11-5-12(7-15-11)21(19,20)18-13-9(3)16-17-10(13)4/h5,7-8,14-15,18H,6H2,1-4H3,(H,16,17). The number of anilines is 1. The van der Waals surface area contributed by atoms with E-state index in [1.165, 1.54) is 6.20 Å². The average Bonchev–Trinajstić information content (AvgIpc) is 2.99. The predicted molar refractivity (Wildman–Crippen MR) is 81.6 cm³/mol. The molecule has 0 aliphatic heterocycles. The molecular formula is C13H21N5O2S. The van der Waals surface area contributed by atoms with Crippen molar-refractivity contribution >= 4 is 15.7 Å². The summed E-state index contributed by atoms with van der Waals surface area (Å²) in [4.78, 5) is 3.18. The maximum atomic E-state index is 12.4. The summed E-state index contributed by atoms with van der Waals surface area (Å²) in [7, 11) is -3.61. The van der Waals surface area contributed by atoms with Crippen molar-refractivity contribution in [3.8, 4) is 0 Å². The Labute approximate surface area is 124 Å². The van der Waals surface area contributed by atoms with Crippen molar-refractivity contribution in [1.29, 1.82) is 0 Å². The molecule has 0 unspecified atom stereocenters. The predicted octanol–water partition coefficient (Wildman–Crippen LogP) is 1.65. The van der Waals surface area contributed by atoms with Gasteiger partial charge in [0.15, 0.2) is 0 Å². The van der Waals surface area contributed by atoms with Gasteiger partial charge >= 0.3 is 0 Å². The summed E-state index contributed by atoms with van der Waals surface area (Å²) in [5, 5.41) is 9.96. The smallest absolute Gasteiger partial charge is 0.263 e. The van der Waals surface area contributed by atoms with Crippen LogP contribution in [-0.4, -0.2) is 29.6 Å². The number of aromatic amines is 2. The molecule has 4 N–H and O–H groups in total. The van der Waals surface area contributed by atoms with Crippen LogP contribution in [0.1, 0.15) is 30.9 Å². The second kappa shape index (κ2) is 5.90. The third kappa shape index (κ3) is 3.64. The van der Waals surface area contributed by atoms with E-state index in [1.54, 1.807) is 19.9 Å². The highest BCUT2D eigenvalue weighted by molar-refractivity contribution is 7.92. The van der Waals surface area contributed by atoms with E-state index in [1.807, 2.05) is 13.8 Å². The molecule has 0 bridgehead atoms. The Kier molecular flexibility index (Phi) is 4.38. The fourth-order valence-electron chi connectivity index (χ4n) is 1.88. The molecule has 0 atom stereocenters. The van der Waals surface area contributed by atoms with Crippen LogP contribution in [0.25, 0.3) is 0 Å². The molecule has 8 heteroatoms. The molecular weight excluding hydrogens is 290 g/mol. The molecule has 0 amide bonds. The van der Waals surface area contributed by atoms with Crippen LogP contribution in [0.4, 0.5) is 5.69 Å². The maximum Gasteiger partial charge on any atom is 0.263 e. The molecule has 0 fully saturated rings. The van der Waals surface area contributed by atoms with Crippen LogP contribution in [0.3, 0.4) is 0 Å². The van der Waals surface area contributed by atoms with Gasteiger partial charge in [0.05, 0.1) is 17.1 Å². The third-order valence-electron chi connectivity index (χ3n) is 3.09. The molecule has 0 saturated carbocycles. The summed E-state index contributed by atoms with van der Waals surface area (Å²) < 4.78 is 27.3. The van der Waals surface area contributed by atoms with Crippen molar-refractivity contribution in [2.75, 3.05) is 4.72 Å². The minimum Gasteiger partial charge on any atom is -0.363 e. The number of H-pyrrole nitrogens is 2. The van der Waals surface area contributed by atoms with Crippen LogP contribution in [0.5, 0.6) is 0 Å². The molecule has 0 spiro atoms. The van der Waals surface area contributed by atoms with E-state index >= 15 is 0 Å². The zero-order valence-corrected chi connectivity index (χ0v) is 13.4. The van der Waals surface area contributed by atoms with Crippen LogP contribution < -0.4 is 10.0 Å². The summed E-state index contributed by atoms with van der Waals surface area (Å²) in [6.07, 6.45) is 1.49. The lowest BCUT2D eigenvalue weighted by Gasteiger charge is -2.06. The van der Waals surface area contributed by atoms with Crippen molar-refractivity contribution in [2.45, 2.75) is 45.2 Å². The van der Waals surface area contributed by atoms with Gasteiger partial charge in [-0.15, -0.1) is 0 Å². The SMILES string of the molecule is Cc1n[nH]c(C)c1NS(=O)(=O)c1c[nH]c(CNC(C)C)c1. The Bertz CT molecular complexity index is 695. The summed E-state index contributed by atoms with van der Waals surface area (Å²) in [5.74, 6) is 0. The molecule has 0 aliphatic carbocycles. The Morgan fingerprint density at radius 3 is 2.62 bits per heavy atom. The number of aryl methyl sites for hydroxylation is 2. The lowest BCUT2D eigenvalue weighted by Crippen LogP contribution is -2.21. The summed E-state index contributed by atoms with van der Waals surface area (Å²) >= 11 is 0. The zero-order valence-electron chi connectivity index (χ0n) is 12.6. The van der Waals surface area contributed by atoms with Crippen LogP contribution >= 0.6 is 0 Å². The number of nitrogens with one attached hydrogen (secondary N) is 4. The second-order valence-electron chi connectivity index (χ2n) is 5.31. The molecule has 2 aromatic heterocycles. The largest absolute Gasteiger partial charge is 0.363 e. The molecule has 21 heavy (non-hydrogen) atoms. The van der Waals surface area contributed by atoms with Crippen LogP contribution in [-0.2, 0) is 16.6 Å². The molecule has 2 aromatic rings. The van der Waals surface area contributed by atoms with Crippen molar-refractivity contribution in [3.05, 3.63) is 29.3 Å². The van der Waals surface area contributed by atoms with Crippen molar-refractivity contribution in [2.24, 2.45) is 0 Å². The minimum absolute atomic E-state index is 0.211. The fraction of sp³-hybridized carbons (Fsp3) is 0.462. The Morgan fingerprint density at radius 2 is 2.05 bits per heavy atom. The van der Waals surface area contributed by atoms with Crippen LogP contribution in [0.2, 0.25) is 0 Å². The minimum atomic E-state index is -3.61. The third-order valence-corrected chi connectivity index (χ3v) is 4.42. The van der Waals surface area contributed by atoms with Crippen LogP contribution in [0.15, 0.2) is 17.2 Å². The van der Waals surface area contributed by atoms with Crippen molar-refractivity contribution < 1.29 is 8.42 Å². The van der Waals surface area contributed by atoms with Crippen LogP contribution in [0, 0.1) is 13.8 Å².